The van der Waals surface area contributed by atoms with Gasteiger partial charge in [-0.05, 0) is 37.5 Å². The molecule has 1 aliphatic rings. The highest BCUT2D eigenvalue weighted by molar-refractivity contribution is 5.84. The summed E-state index contributed by atoms with van der Waals surface area (Å²) in [4.78, 5) is 23.0. The van der Waals surface area contributed by atoms with Crippen LogP contribution in [0.4, 0.5) is 0 Å². The standard InChI is InChI=1S/C17H23NO5/c1-12(18-16(21)17(11-22-2)8-3-9-17)13-4-6-14(7-5-13)23-10-15(19)20/h4-7,12H,3,8-11H2,1-2H3,(H,18,21)(H,19,20). The van der Waals surface area contributed by atoms with E-state index in [4.69, 9.17) is 14.6 Å². The van der Waals surface area contributed by atoms with Gasteiger partial charge in [-0.2, -0.15) is 0 Å². The number of aliphatic carboxylic acids is 1. The summed E-state index contributed by atoms with van der Waals surface area (Å²) in [6, 6.07) is 6.92. The van der Waals surface area contributed by atoms with E-state index in [0.29, 0.717) is 12.4 Å². The Morgan fingerprint density at radius 3 is 2.43 bits per heavy atom. The quantitative estimate of drug-likeness (QED) is 0.766. The SMILES string of the molecule is COCC1(C(=O)NC(C)c2ccc(OCC(=O)O)cc2)CCC1. The topological polar surface area (TPSA) is 84.9 Å². The van der Waals surface area contributed by atoms with Gasteiger partial charge in [-0.1, -0.05) is 18.6 Å². The van der Waals surface area contributed by atoms with Crippen molar-refractivity contribution >= 4 is 11.9 Å². The first-order chi connectivity index (χ1) is 11.0. The number of hydrogen-bond acceptors (Lipinski definition) is 4. The fourth-order valence-electron chi connectivity index (χ4n) is 2.75. The number of ether oxygens (including phenoxy) is 2. The molecule has 0 radical (unpaired) electrons. The summed E-state index contributed by atoms with van der Waals surface area (Å²) in [6.07, 6.45) is 2.78. The fourth-order valence-corrected chi connectivity index (χ4v) is 2.75. The Balaban J connectivity index is 1.93. The third-order valence-corrected chi connectivity index (χ3v) is 4.30. The van der Waals surface area contributed by atoms with Crippen molar-refractivity contribution in [2.75, 3.05) is 20.3 Å². The lowest BCUT2D eigenvalue weighted by atomic mass is 9.68. The largest absolute Gasteiger partial charge is 0.482 e. The molecule has 0 aromatic heterocycles. The first-order valence-electron chi connectivity index (χ1n) is 7.71. The van der Waals surface area contributed by atoms with Crippen molar-refractivity contribution in [1.29, 1.82) is 0 Å². The van der Waals surface area contributed by atoms with Crippen molar-refractivity contribution in [1.82, 2.24) is 5.32 Å². The molecule has 1 aromatic carbocycles. The Labute approximate surface area is 135 Å². The predicted octanol–water partition coefficient (Wildman–Crippen LogP) is 2.14. The summed E-state index contributed by atoms with van der Waals surface area (Å²) in [5, 5.41) is 11.6. The van der Waals surface area contributed by atoms with Crippen LogP contribution in [0.5, 0.6) is 5.75 Å². The Kier molecular flexibility index (Phi) is 5.60. The molecule has 1 saturated carbocycles. The van der Waals surface area contributed by atoms with E-state index in [-0.39, 0.29) is 24.0 Å². The summed E-state index contributed by atoms with van der Waals surface area (Å²) in [6.45, 7) is 2.00. The molecule has 1 unspecified atom stereocenters. The van der Waals surface area contributed by atoms with Crippen molar-refractivity contribution in [3.8, 4) is 5.75 Å². The van der Waals surface area contributed by atoms with Gasteiger partial charge in [0, 0.05) is 7.11 Å². The number of carbonyl (C=O) groups excluding carboxylic acids is 1. The number of amides is 1. The first-order valence-corrected chi connectivity index (χ1v) is 7.71. The summed E-state index contributed by atoms with van der Waals surface area (Å²) in [5.74, 6) is -0.493. The van der Waals surface area contributed by atoms with E-state index in [9.17, 15) is 9.59 Å². The minimum atomic E-state index is -1.02. The lowest BCUT2D eigenvalue weighted by Gasteiger charge is -2.40. The van der Waals surface area contributed by atoms with Crippen LogP contribution >= 0.6 is 0 Å². The number of benzene rings is 1. The van der Waals surface area contributed by atoms with Crippen molar-refractivity contribution in [2.45, 2.75) is 32.2 Å². The third-order valence-electron chi connectivity index (χ3n) is 4.30. The second-order valence-electron chi connectivity index (χ2n) is 6.01. The van der Waals surface area contributed by atoms with Gasteiger partial charge in [-0.3, -0.25) is 4.79 Å². The molecule has 0 saturated heterocycles. The van der Waals surface area contributed by atoms with E-state index in [0.717, 1.165) is 24.8 Å². The number of methoxy groups -OCH3 is 1. The normalized spacial score (nSPS) is 17.0. The molecule has 1 aliphatic carbocycles. The van der Waals surface area contributed by atoms with Crippen LogP contribution in [0.3, 0.4) is 0 Å². The molecule has 0 spiro atoms. The van der Waals surface area contributed by atoms with Crippen molar-refractivity contribution in [2.24, 2.45) is 5.41 Å². The molecule has 0 aliphatic heterocycles. The number of carbonyl (C=O) groups is 2. The van der Waals surface area contributed by atoms with Crippen LogP contribution in [0.2, 0.25) is 0 Å². The Bertz CT molecular complexity index is 551. The highest BCUT2D eigenvalue weighted by Gasteiger charge is 2.44. The summed E-state index contributed by atoms with van der Waals surface area (Å²) in [7, 11) is 1.62. The van der Waals surface area contributed by atoms with Crippen molar-refractivity contribution in [3.05, 3.63) is 29.8 Å². The molecule has 23 heavy (non-hydrogen) atoms. The van der Waals surface area contributed by atoms with Gasteiger partial charge < -0.3 is 19.9 Å². The van der Waals surface area contributed by atoms with Crippen molar-refractivity contribution in [3.63, 3.8) is 0 Å². The smallest absolute Gasteiger partial charge is 0.341 e. The zero-order chi connectivity index (χ0) is 16.9. The molecular weight excluding hydrogens is 298 g/mol. The number of rotatable bonds is 8. The molecule has 126 valence electrons. The Morgan fingerprint density at radius 1 is 1.30 bits per heavy atom. The highest BCUT2D eigenvalue weighted by atomic mass is 16.5. The van der Waals surface area contributed by atoms with Gasteiger partial charge in [0.1, 0.15) is 5.75 Å². The van der Waals surface area contributed by atoms with Gasteiger partial charge in [0.25, 0.3) is 0 Å². The van der Waals surface area contributed by atoms with E-state index in [1.807, 2.05) is 19.1 Å². The van der Waals surface area contributed by atoms with E-state index in [1.54, 1.807) is 19.2 Å². The first kappa shape index (κ1) is 17.3. The van der Waals surface area contributed by atoms with Crippen LogP contribution in [0.25, 0.3) is 0 Å². The maximum absolute atomic E-state index is 12.5. The summed E-state index contributed by atoms with van der Waals surface area (Å²) >= 11 is 0. The number of hydrogen-bond donors (Lipinski definition) is 2. The second-order valence-corrected chi connectivity index (χ2v) is 6.01. The molecule has 6 nitrogen and oxygen atoms in total. The lowest BCUT2D eigenvalue weighted by Crippen LogP contribution is -2.49. The van der Waals surface area contributed by atoms with Crippen LogP contribution in [0, 0.1) is 5.41 Å². The average Bonchev–Trinajstić information content (AvgIpc) is 2.49. The predicted molar refractivity (Wildman–Crippen MR) is 84.3 cm³/mol. The molecule has 6 heteroatoms. The van der Waals surface area contributed by atoms with E-state index in [1.165, 1.54) is 0 Å². The van der Waals surface area contributed by atoms with Gasteiger partial charge >= 0.3 is 5.97 Å². The zero-order valence-electron chi connectivity index (χ0n) is 13.5. The minimum Gasteiger partial charge on any atom is -0.482 e. The molecule has 1 aromatic rings. The maximum Gasteiger partial charge on any atom is 0.341 e. The molecule has 1 fully saturated rings. The Morgan fingerprint density at radius 2 is 1.96 bits per heavy atom. The summed E-state index contributed by atoms with van der Waals surface area (Å²) < 4.78 is 10.3. The molecule has 0 bridgehead atoms. The van der Waals surface area contributed by atoms with Crippen LogP contribution < -0.4 is 10.1 Å². The van der Waals surface area contributed by atoms with Crippen LogP contribution in [-0.2, 0) is 14.3 Å². The third kappa shape index (κ3) is 4.22. The van der Waals surface area contributed by atoms with E-state index >= 15 is 0 Å². The van der Waals surface area contributed by atoms with Gasteiger partial charge in [0.2, 0.25) is 5.91 Å². The maximum atomic E-state index is 12.5. The zero-order valence-corrected chi connectivity index (χ0v) is 13.5. The number of nitrogens with one attached hydrogen (secondary N) is 1. The minimum absolute atomic E-state index is 0.0318. The molecule has 0 heterocycles. The van der Waals surface area contributed by atoms with E-state index in [2.05, 4.69) is 5.32 Å². The fraction of sp³-hybridized carbons (Fsp3) is 0.529. The Hall–Kier alpha value is -2.08. The van der Waals surface area contributed by atoms with E-state index < -0.39 is 5.97 Å². The lowest BCUT2D eigenvalue weighted by molar-refractivity contribution is -0.141. The molecule has 1 amide bonds. The second kappa shape index (κ2) is 7.46. The van der Waals surface area contributed by atoms with Gasteiger partial charge in [-0.25, -0.2) is 4.79 Å². The average molecular weight is 321 g/mol. The summed E-state index contributed by atoms with van der Waals surface area (Å²) in [5.41, 5.74) is 0.556. The van der Waals surface area contributed by atoms with Crippen LogP contribution in [0.15, 0.2) is 24.3 Å². The molecule has 2 N–H and O–H groups in total. The number of carboxylic acid groups (broad SMARTS) is 1. The van der Waals surface area contributed by atoms with Crippen molar-refractivity contribution < 1.29 is 24.2 Å². The van der Waals surface area contributed by atoms with Gasteiger partial charge in [-0.15, -0.1) is 0 Å². The van der Waals surface area contributed by atoms with Gasteiger partial charge in [0.05, 0.1) is 18.1 Å². The van der Waals surface area contributed by atoms with Crippen LogP contribution in [0.1, 0.15) is 37.8 Å². The van der Waals surface area contributed by atoms with Gasteiger partial charge in [0.15, 0.2) is 6.61 Å². The molecular formula is C17H23NO5. The van der Waals surface area contributed by atoms with Crippen LogP contribution in [-0.4, -0.2) is 37.3 Å². The highest BCUT2D eigenvalue weighted by Crippen LogP contribution is 2.41. The molecule has 2 rings (SSSR count). The molecule has 1 atom stereocenters. The number of carboxylic acids is 1. The monoisotopic (exact) mass is 321 g/mol.